The van der Waals surface area contributed by atoms with Gasteiger partial charge < -0.3 is 4.98 Å². The second kappa shape index (κ2) is 5.21. The van der Waals surface area contributed by atoms with Crippen LogP contribution in [0.5, 0.6) is 0 Å². The van der Waals surface area contributed by atoms with Gasteiger partial charge in [-0.05, 0) is 29.3 Å². The minimum absolute atomic E-state index is 0.115. The molecule has 3 nitrogen and oxygen atoms in total. The molecule has 0 aliphatic carbocycles. The number of H-pyrrole nitrogens is 1. The number of pyridine rings is 1. The topological polar surface area (TPSA) is 56.6 Å². The van der Waals surface area contributed by atoms with E-state index in [-0.39, 0.29) is 12.0 Å². The van der Waals surface area contributed by atoms with Gasteiger partial charge in [0.2, 0.25) is 0 Å². The van der Waals surface area contributed by atoms with Gasteiger partial charge in [0.05, 0.1) is 18.1 Å². The summed E-state index contributed by atoms with van der Waals surface area (Å²) >= 11 is 0. The first-order valence-electron chi connectivity index (χ1n) is 5.68. The number of benzene rings is 1. The van der Waals surface area contributed by atoms with Crippen LogP contribution < -0.4 is 5.56 Å². The number of halogens is 3. The molecule has 0 aliphatic rings. The van der Waals surface area contributed by atoms with Crippen LogP contribution in [0.1, 0.15) is 11.1 Å². The molecular weight excluding hydrogens is 269 g/mol. The number of nitriles is 1. The Bertz CT molecular complexity index is 709. The van der Waals surface area contributed by atoms with Crippen LogP contribution in [0.3, 0.4) is 0 Å². The fourth-order valence-electron chi connectivity index (χ4n) is 1.78. The zero-order valence-corrected chi connectivity index (χ0v) is 10.2. The SMILES string of the molecule is N#CCc1c[nH]c(=O)c(-c2ccc(C(F)(F)F)cc2)c1. The van der Waals surface area contributed by atoms with Gasteiger partial charge in [-0.15, -0.1) is 0 Å². The molecule has 0 saturated heterocycles. The number of nitrogens with zero attached hydrogens (tertiary/aromatic N) is 1. The van der Waals surface area contributed by atoms with Crippen molar-refractivity contribution >= 4 is 0 Å². The van der Waals surface area contributed by atoms with Crippen LogP contribution in [-0.2, 0) is 12.6 Å². The van der Waals surface area contributed by atoms with Crippen LogP contribution in [0, 0.1) is 11.3 Å². The molecule has 0 atom stereocenters. The largest absolute Gasteiger partial charge is 0.416 e. The van der Waals surface area contributed by atoms with E-state index in [4.69, 9.17) is 5.26 Å². The highest BCUT2D eigenvalue weighted by Gasteiger charge is 2.30. The summed E-state index contributed by atoms with van der Waals surface area (Å²) in [6.45, 7) is 0. The maximum Gasteiger partial charge on any atom is 0.416 e. The normalized spacial score (nSPS) is 11.1. The Morgan fingerprint density at radius 1 is 1.20 bits per heavy atom. The number of aromatic nitrogens is 1. The molecule has 2 rings (SSSR count). The maximum absolute atomic E-state index is 12.5. The van der Waals surface area contributed by atoms with E-state index in [0.29, 0.717) is 11.1 Å². The second-order valence-corrected chi connectivity index (χ2v) is 4.16. The summed E-state index contributed by atoms with van der Waals surface area (Å²) in [5.74, 6) is 0. The molecule has 20 heavy (non-hydrogen) atoms. The van der Waals surface area contributed by atoms with E-state index in [1.807, 2.05) is 6.07 Å². The van der Waals surface area contributed by atoms with Crippen molar-refractivity contribution in [3.63, 3.8) is 0 Å². The third-order valence-electron chi connectivity index (χ3n) is 2.77. The Labute approximate surface area is 112 Å². The zero-order chi connectivity index (χ0) is 14.8. The first kappa shape index (κ1) is 13.9. The minimum Gasteiger partial charge on any atom is -0.328 e. The lowest BCUT2D eigenvalue weighted by molar-refractivity contribution is -0.137. The Morgan fingerprint density at radius 2 is 1.85 bits per heavy atom. The molecule has 0 bridgehead atoms. The van der Waals surface area contributed by atoms with Gasteiger partial charge in [-0.2, -0.15) is 18.4 Å². The molecule has 6 heteroatoms. The molecule has 0 radical (unpaired) electrons. The van der Waals surface area contributed by atoms with Crippen LogP contribution in [0.25, 0.3) is 11.1 Å². The zero-order valence-electron chi connectivity index (χ0n) is 10.2. The van der Waals surface area contributed by atoms with Crippen molar-refractivity contribution in [1.29, 1.82) is 5.26 Å². The lowest BCUT2D eigenvalue weighted by Crippen LogP contribution is -2.09. The Morgan fingerprint density at radius 3 is 2.40 bits per heavy atom. The van der Waals surface area contributed by atoms with Crippen molar-refractivity contribution in [1.82, 2.24) is 4.98 Å². The minimum atomic E-state index is -4.41. The average molecular weight is 278 g/mol. The van der Waals surface area contributed by atoms with Crippen LogP contribution in [0.15, 0.2) is 41.3 Å². The molecule has 0 spiro atoms. The number of hydrogen-bond acceptors (Lipinski definition) is 2. The van der Waals surface area contributed by atoms with E-state index in [9.17, 15) is 18.0 Å². The number of rotatable bonds is 2. The van der Waals surface area contributed by atoms with Gasteiger partial charge >= 0.3 is 6.18 Å². The highest BCUT2D eigenvalue weighted by molar-refractivity contribution is 5.63. The number of aromatic amines is 1. The first-order chi connectivity index (χ1) is 9.41. The van der Waals surface area contributed by atoms with Crippen LogP contribution >= 0.6 is 0 Å². The molecule has 1 aromatic heterocycles. The maximum atomic E-state index is 12.5. The van der Waals surface area contributed by atoms with Gasteiger partial charge in [0, 0.05) is 11.8 Å². The van der Waals surface area contributed by atoms with Gasteiger partial charge in [-0.3, -0.25) is 4.79 Å². The standard InChI is InChI=1S/C14H9F3N2O/c15-14(16,17)11-3-1-10(2-4-11)12-7-9(5-6-18)8-19-13(12)20/h1-4,7-8H,5H2,(H,19,20). The van der Waals surface area contributed by atoms with Gasteiger partial charge in [-0.25, -0.2) is 0 Å². The molecular formula is C14H9F3N2O. The molecule has 0 amide bonds. The molecule has 0 aliphatic heterocycles. The molecule has 102 valence electrons. The predicted octanol–water partition coefficient (Wildman–Crippen LogP) is 3.13. The second-order valence-electron chi connectivity index (χ2n) is 4.16. The molecule has 1 N–H and O–H groups in total. The van der Waals surface area contributed by atoms with E-state index in [0.717, 1.165) is 12.1 Å². The predicted molar refractivity (Wildman–Crippen MR) is 66.8 cm³/mol. The van der Waals surface area contributed by atoms with Crippen molar-refractivity contribution < 1.29 is 13.2 Å². The third kappa shape index (κ3) is 2.88. The monoisotopic (exact) mass is 278 g/mol. The third-order valence-corrected chi connectivity index (χ3v) is 2.77. The molecule has 0 fully saturated rings. The lowest BCUT2D eigenvalue weighted by atomic mass is 10.0. The first-order valence-corrected chi connectivity index (χ1v) is 5.68. The summed E-state index contributed by atoms with van der Waals surface area (Å²) in [6, 6.07) is 7.77. The van der Waals surface area contributed by atoms with Gasteiger partial charge in [0.1, 0.15) is 0 Å². The van der Waals surface area contributed by atoms with Crippen LogP contribution in [0.2, 0.25) is 0 Å². The molecule has 0 saturated carbocycles. The van der Waals surface area contributed by atoms with Crippen molar-refractivity contribution in [2.75, 3.05) is 0 Å². The van der Waals surface area contributed by atoms with E-state index in [1.54, 1.807) is 0 Å². The van der Waals surface area contributed by atoms with Crippen molar-refractivity contribution in [3.05, 3.63) is 58.0 Å². The summed E-state index contributed by atoms with van der Waals surface area (Å²) in [6.07, 6.45) is -2.88. The summed E-state index contributed by atoms with van der Waals surface area (Å²) in [7, 11) is 0. The van der Waals surface area contributed by atoms with Gasteiger partial charge in [0.25, 0.3) is 5.56 Å². The summed E-state index contributed by atoms with van der Waals surface area (Å²) in [5.41, 5.74) is 0.0322. The Kier molecular flexibility index (Phi) is 3.61. The quantitative estimate of drug-likeness (QED) is 0.917. The van der Waals surface area contributed by atoms with Crippen molar-refractivity contribution in [2.24, 2.45) is 0 Å². The van der Waals surface area contributed by atoms with Gasteiger partial charge in [-0.1, -0.05) is 12.1 Å². The van der Waals surface area contributed by atoms with Crippen LogP contribution in [0.4, 0.5) is 13.2 Å². The fraction of sp³-hybridized carbons (Fsp3) is 0.143. The number of nitrogens with one attached hydrogen (secondary N) is 1. The Balaban J connectivity index is 2.44. The highest BCUT2D eigenvalue weighted by atomic mass is 19.4. The number of hydrogen-bond donors (Lipinski definition) is 1. The summed E-state index contributed by atoms with van der Waals surface area (Å²) in [4.78, 5) is 14.2. The summed E-state index contributed by atoms with van der Waals surface area (Å²) in [5, 5.41) is 8.61. The van der Waals surface area contributed by atoms with E-state index >= 15 is 0 Å². The molecule has 1 heterocycles. The highest BCUT2D eigenvalue weighted by Crippen LogP contribution is 2.30. The fourth-order valence-corrected chi connectivity index (χ4v) is 1.78. The van der Waals surface area contributed by atoms with Gasteiger partial charge in [0.15, 0.2) is 0 Å². The molecule has 0 unspecified atom stereocenters. The Hall–Kier alpha value is -2.55. The lowest BCUT2D eigenvalue weighted by Gasteiger charge is -2.07. The summed E-state index contributed by atoms with van der Waals surface area (Å²) < 4.78 is 37.4. The smallest absolute Gasteiger partial charge is 0.328 e. The van der Waals surface area contributed by atoms with Crippen LogP contribution in [-0.4, -0.2) is 4.98 Å². The molecule has 2 aromatic rings. The number of alkyl halides is 3. The van der Waals surface area contributed by atoms with Crippen molar-refractivity contribution in [3.8, 4) is 17.2 Å². The van der Waals surface area contributed by atoms with Crippen molar-refractivity contribution in [2.45, 2.75) is 12.6 Å². The van der Waals surface area contributed by atoms with E-state index in [2.05, 4.69) is 4.98 Å². The van der Waals surface area contributed by atoms with E-state index < -0.39 is 17.3 Å². The molecule has 1 aromatic carbocycles. The van der Waals surface area contributed by atoms with E-state index in [1.165, 1.54) is 24.4 Å². The average Bonchev–Trinajstić information content (AvgIpc) is 2.40.